The molecule has 6 rings (SSSR count). The Kier molecular flexibility index (Phi) is 11.5. The maximum atomic E-state index is 13.6. The summed E-state index contributed by atoms with van der Waals surface area (Å²) in [6.45, 7) is 2.45. The normalized spacial score (nSPS) is 19.4. The SMILES string of the molecule is COc1ccc(-n2nnnc2C(F)(F)F)cc1CN1C[C@@H]2CN(S(N)(=O)=O)CCN2[C@H](C(c2ccccc2)c2ccccc2)C1.Cl.Cl. The van der Waals surface area contributed by atoms with Gasteiger partial charge in [0.25, 0.3) is 16.0 Å². The average molecular weight is 716 g/mol. The number of tetrazole rings is 1. The molecule has 0 aliphatic carbocycles. The number of methoxy groups -OCH3 is 1. The van der Waals surface area contributed by atoms with Gasteiger partial charge in [-0.15, -0.1) is 29.9 Å². The molecule has 2 aliphatic rings. The van der Waals surface area contributed by atoms with E-state index < -0.39 is 22.2 Å². The monoisotopic (exact) mass is 714 g/mol. The molecule has 2 N–H and O–H groups in total. The van der Waals surface area contributed by atoms with E-state index in [4.69, 9.17) is 9.88 Å². The van der Waals surface area contributed by atoms with Crippen molar-refractivity contribution in [2.75, 3.05) is 39.8 Å². The third-order valence-electron chi connectivity index (χ3n) is 8.52. The highest BCUT2D eigenvalue weighted by molar-refractivity contribution is 7.86. The van der Waals surface area contributed by atoms with Gasteiger partial charge in [0.1, 0.15) is 5.75 Å². The molecule has 2 saturated heterocycles. The van der Waals surface area contributed by atoms with Gasteiger partial charge in [0.05, 0.1) is 12.8 Å². The van der Waals surface area contributed by atoms with E-state index in [0.29, 0.717) is 42.2 Å². The number of nitrogens with two attached hydrogens (primary N) is 1. The number of ether oxygens (including phenoxy) is 1. The van der Waals surface area contributed by atoms with Gasteiger partial charge in [-0.2, -0.15) is 30.6 Å². The fraction of sp³-hybridized carbons (Fsp3) is 0.367. The highest BCUT2D eigenvalue weighted by atomic mass is 35.5. The number of hydrogen-bond acceptors (Lipinski definition) is 8. The van der Waals surface area contributed by atoms with E-state index in [2.05, 4.69) is 49.6 Å². The number of aromatic nitrogens is 4. The molecule has 0 spiro atoms. The van der Waals surface area contributed by atoms with Gasteiger partial charge >= 0.3 is 6.18 Å². The van der Waals surface area contributed by atoms with Crippen molar-refractivity contribution in [3.8, 4) is 11.4 Å². The van der Waals surface area contributed by atoms with Crippen molar-refractivity contribution < 1.29 is 26.3 Å². The Bertz CT molecular complexity index is 1700. The fourth-order valence-corrected chi connectivity index (χ4v) is 7.31. The summed E-state index contributed by atoms with van der Waals surface area (Å²) >= 11 is 0. The smallest absolute Gasteiger partial charge is 0.453 e. The summed E-state index contributed by atoms with van der Waals surface area (Å²) < 4.78 is 73.2. The van der Waals surface area contributed by atoms with Gasteiger partial charge in [-0.25, -0.2) is 5.14 Å². The number of halogens is 5. The van der Waals surface area contributed by atoms with Gasteiger partial charge in [-0.1, -0.05) is 60.7 Å². The third-order valence-corrected chi connectivity index (χ3v) is 9.57. The minimum absolute atomic E-state index is 0. The summed E-state index contributed by atoms with van der Waals surface area (Å²) in [5.41, 5.74) is 3.03. The first kappa shape index (κ1) is 36.5. The van der Waals surface area contributed by atoms with Gasteiger partial charge in [-0.3, -0.25) is 9.80 Å². The molecule has 0 saturated carbocycles. The zero-order valence-corrected chi connectivity index (χ0v) is 27.7. The Labute approximate surface area is 283 Å². The van der Waals surface area contributed by atoms with Crippen molar-refractivity contribution in [2.45, 2.75) is 30.7 Å². The minimum Gasteiger partial charge on any atom is -0.496 e. The molecule has 0 unspecified atom stereocenters. The quantitative estimate of drug-likeness (QED) is 0.293. The number of rotatable bonds is 8. The zero-order chi connectivity index (χ0) is 31.8. The van der Waals surface area contributed by atoms with Crippen molar-refractivity contribution >= 4 is 35.0 Å². The van der Waals surface area contributed by atoms with Crippen LogP contribution in [0.2, 0.25) is 0 Å². The lowest BCUT2D eigenvalue weighted by molar-refractivity contribution is -0.146. The molecule has 4 aromatic rings. The lowest BCUT2D eigenvalue weighted by Crippen LogP contribution is -2.67. The van der Waals surface area contributed by atoms with Crippen LogP contribution in [0, 0.1) is 0 Å². The van der Waals surface area contributed by atoms with Gasteiger partial charge in [0.15, 0.2) is 0 Å². The summed E-state index contributed by atoms with van der Waals surface area (Å²) in [7, 11) is -2.39. The van der Waals surface area contributed by atoms with E-state index in [0.717, 1.165) is 11.1 Å². The Balaban J connectivity index is 0.00000250. The second kappa shape index (κ2) is 14.8. The molecule has 2 atom stereocenters. The number of hydrogen-bond donors (Lipinski definition) is 1. The highest BCUT2D eigenvalue weighted by Gasteiger charge is 2.44. The molecule has 0 bridgehead atoms. The second-order valence-electron chi connectivity index (χ2n) is 11.3. The lowest BCUT2D eigenvalue weighted by Gasteiger charge is -2.53. The maximum absolute atomic E-state index is 13.6. The van der Waals surface area contributed by atoms with E-state index >= 15 is 0 Å². The zero-order valence-electron chi connectivity index (χ0n) is 25.3. The number of fused-ring (bicyclic) bond motifs is 1. The van der Waals surface area contributed by atoms with E-state index in [1.165, 1.54) is 17.5 Å². The van der Waals surface area contributed by atoms with Gasteiger partial charge in [0.2, 0.25) is 0 Å². The summed E-state index contributed by atoms with van der Waals surface area (Å²) in [5, 5.41) is 15.6. The van der Waals surface area contributed by atoms with Crippen LogP contribution in [0.15, 0.2) is 78.9 Å². The Morgan fingerprint density at radius 2 is 1.57 bits per heavy atom. The molecule has 0 amide bonds. The maximum Gasteiger partial charge on any atom is 0.453 e. The molecular weight excluding hydrogens is 680 g/mol. The molecule has 2 aliphatic heterocycles. The predicted molar refractivity (Wildman–Crippen MR) is 174 cm³/mol. The van der Waals surface area contributed by atoms with Crippen molar-refractivity contribution in [1.29, 1.82) is 0 Å². The summed E-state index contributed by atoms with van der Waals surface area (Å²) in [5.74, 6) is -0.773. The Morgan fingerprint density at radius 3 is 2.15 bits per heavy atom. The highest BCUT2D eigenvalue weighted by Crippen LogP contribution is 2.37. The van der Waals surface area contributed by atoms with Gasteiger partial charge < -0.3 is 4.74 Å². The van der Waals surface area contributed by atoms with Crippen LogP contribution < -0.4 is 9.88 Å². The molecule has 3 aromatic carbocycles. The van der Waals surface area contributed by atoms with E-state index in [-0.39, 0.29) is 61.6 Å². The molecule has 1 aromatic heterocycles. The van der Waals surface area contributed by atoms with Crippen molar-refractivity contribution in [3.05, 3.63) is 101 Å². The van der Waals surface area contributed by atoms with Crippen LogP contribution in [0.1, 0.15) is 28.4 Å². The Morgan fingerprint density at radius 1 is 0.936 bits per heavy atom. The van der Waals surface area contributed by atoms with Gasteiger partial charge in [0, 0.05) is 62.8 Å². The molecule has 47 heavy (non-hydrogen) atoms. The largest absolute Gasteiger partial charge is 0.496 e. The van der Waals surface area contributed by atoms with Crippen molar-refractivity contribution in [1.82, 2.24) is 34.3 Å². The van der Waals surface area contributed by atoms with Crippen LogP contribution in [0.3, 0.4) is 0 Å². The van der Waals surface area contributed by atoms with Crippen LogP contribution in [0.25, 0.3) is 5.69 Å². The number of alkyl halides is 3. The molecule has 2 fully saturated rings. The van der Waals surface area contributed by atoms with Crippen LogP contribution in [-0.4, -0.2) is 94.6 Å². The van der Waals surface area contributed by atoms with Gasteiger partial charge in [-0.05, 0) is 39.8 Å². The fourth-order valence-electron chi connectivity index (χ4n) is 6.60. The summed E-state index contributed by atoms with van der Waals surface area (Å²) in [6.07, 6.45) is -4.74. The van der Waals surface area contributed by atoms with E-state index in [9.17, 15) is 21.6 Å². The summed E-state index contributed by atoms with van der Waals surface area (Å²) in [4.78, 5) is 4.58. The summed E-state index contributed by atoms with van der Waals surface area (Å²) in [6, 6.07) is 24.8. The second-order valence-corrected chi connectivity index (χ2v) is 12.8. The van der Waals surface area contributed by atoms with Crippen LogP contribution >= 0.6 is 24.8 Å². The van der Waals surface area contributed by atoms with Crippen LogP contribution in [0.5, 0.6) is 5.75 Å². The molecule has 11 nitrogen and oxygen atoms in total. The molecule has 3 heterocycles. The number of benzene rings is 3. The molecule has 0 radical (unpaired) electrons. The topological polar surface area (TPSA) is 123 Å². The number of nitrogens with zero attached hydrogens (tertiary/aromatic N) is 7. The molecule has 17 heteroatoms. The average Bonchev–Trinajstić information content (AvgIpc) is 3.53. The first-order chi connectivity index (χ1) is 21.5. The van der Waals surface area contributed by atoms with Crippen molar-refractivity contribution in [2.24, 2.45) is 5.14 Å². The molecular formula is C30H35Cl2F3N8O3S. The minimum atomic E-state index is -4.74. The lowest BCUT2D eigenvalue weighted by atomic mass is 9.81. The van der Waals surface area contributed by atoms with E-state index in [1.54, 1.807) is 12.1 Å². The standard InChI is InChI=1S/C30H33F3N8O3S.2ClH/c1-44-27-13-12-24(41-29(30(31,32)33)35-36-37-41)16-23(27)17-38-18-25-19-39(45(34,42)43)14-15-40(25)26(20-38)28(21-8-4-2-5-9-21)22-10-6-3-7-11-22;;/h2-13,16,25-26,28H,14-15,17-20H2,1H3,(H2,34,42,43);2*1H/t25-,26+;;/m1../s1. The first-order valence-electron chi connectivity index (χ1n) is 14.4. The van der Waals surface area contributed by atoms with Crippen LogP contribution in [0.4, 0.5) is 13.2 Å². The molecule has 254 valence electrons. The number of piperazine rings is 2. The third kappa shape index (κ3) is 7.88. The van der Waals surface area contributed by atoms with Crippen molar-refractivity contribution in [3.63, 3.8) is 0 Å². The first-order valence-corrected chi connectivity index (χ1v) is 15.9. The Hall–Kier alpha value is -3.31. The van der Waals surface area contributed by atoms with Crippen LogP contribution in [-0.2, 0) is 22.9 Å². The van der Waals surface area contributed by atoms with E-state index in [1.807, 2.05) is 36.4 Å². The predicted octanol–water partition coefficient (Wildman–Crippen LogP) is 3.74.